The van der Waals surface area contributed by atoms with Crippen molar-refractivity contribution in [3.8, 4) is 0 Å². The highest BCUT2D eigenvalue weighted by Gasteiger charge is 2.26. The minimum Gasteiger partial charge on any atom is -0.464 e. The van der Waals surface area contributed by atoms with Crippen LogP contribution in [-0.2, 0) is 25.1 Å². The molecule has 1 aliphatic heterocycles. The van der Waals surface area contributed by atoms with E-state index in [-0.39, 0.29) is 23.0 Å². The van der Waals surface area contributed by atoms with Crippen molar-refractivity contribution in [2.75, 3.05) is 11.9 Å². The zero-order chi connectivity index (χ0) is 14.8. The third kappa shape index (κ3) is 3.50. The molecule has 110 valence electrons. The Kier molecular flexibility index (Phi) is 4.32. The molecule has 1 fully saturated rings. The molecule has 1 N–H and O–H groups in total. The van der Waals surface area contributed by atoms with Crippen LogP contribution >= 0.6 is 0 Å². The maximum absolute atomic E-state index is 11.8. The molecule has 1 aromatic carbocycles. The summed E-state index contributed by atoms with van der Waals surface area (Å²) in [6.45, 7) is 3.80. The number of anilines is 1. The molecule has 5 nitrogen and oxygen atoms in total. The first-order valence-corrected chi connectivity index (χ1v) is 8.34. The van der Waals surface area contributed by atoms with Crippen molar-refractivity contribution in [3.05, 3.63) is 29.8 Å². The van der Waals surface area contributed by atoms with Gasteiger partial charge in [0, 0.05) is 12.1 Å². The summed E-state index contributed by atoms with van der Waals surface area (Å²) in [4.78, 5) is 11.3. The van der Waals surface area contributed by atoms with Gasteiger partial charge in [-0.05, 0) is 31.5 Å². The number of ether oxygens (including phenoxy) is 1. The molecule has 6 heteroatoms. The van der Waals surface area contributed by atoms with Gasteiger partial charge in [-0.1, -0.05) is 12.1 Å². The Morgan fingerprint density at radius 3 is 2.45 bits per heavy atom. The van der Waals surface area contributed by atoms with Crippen molar-refractivity contribution in [1.82, 2.24) is 0 Å². The summed E-state index contributed by atoms with van der Waals surface area (Å²) in [6, 6.07) is 6.80. The number of hydrogen-bond acceptors (Lipinski definition) is 5. The highest BCUT2D eigenvalue weighted by Crippen LogP contribution is 2.17. The Balaban J connectivity index is 2.01. The maximum atomic E-state index is 11.8. The van der Waals surface area contributed by atoms with Gasteiger partial charge in [-0.15, -0.1) is 0 Å². The number of hydrogen-bond donors (Lipinski definition) is 1. The number of carbonyl (C=O) groups excluding carboxylic acids is 1. The fourth-order valence-corrected chi connectivity index (χ4v) is 2.91. The molecule has 1 atom stereocenters. The fraction of sp³-hybridized carbons (Fsp3) is 0.500. The predicted octanol–water partition coefficient (Wildman–Crippen LogP) is 1.74. The van der Waals surface area contributed by atoms with Gasteiger partial charge in [-0.2, -0.15) is 0 Å². The smallest absolute Gasteiger partial charge is 0.328 e. The second-order valence-corrected chi connectivity index (χ2v) is 7.76. The molecular formula is C14H19NO4S. The van der Waals surface area contributed by atoms with Crippen LogP contribution in [0.15, 0.2) is 24.3 Å². The van der Waals surface area contributed by atoms with Gasteiger partial charge in [-0.3, -0.25) is 0 Å². The van der Waals surface area contributed by atoms with Crippen molar-refractivity contribution in [2.24, 2.45) is 0 Å². The lowest BCUT2D eigenvalue weighted by molar-refractivity contribution is -0.138. The van der Waals surface area contributed by atoms with Crippen LogP contribution in [0.4, 0.5) is 5.69 Å². The summed E-state index contributed by atoms with van der Waals surface area (Å²) in [5, 5.41) is 2.70. The lowest BCUT2D eigenvalue weighted by atomic mass is 10.2. The first kappa shape index (κ1) is 14.8. The minimum absolute atomic E-state index is 0.0381. The molecule has 0 bridgehead atoms. The van der Waals surface area contributed by atoms with Crippen LogP contribution in [-0.4, -0.2) is 32.3 Å². The summed E-state index contributed by atoms with van der Waals surface area (Å²) >= 11 is 0. The van der Waals surface area contributed by atoms with Crippen molar-refractivity contribution in [1.29, 1.82) is 0 Å². The number of cyclic esters (lactones) is 1. The quantitative estimate of drug-likeness (QED) is 0.838. The van der Waals surface area contributed by atoms with Crippen LogP contribution < -0.4 is 5.32 Å². The molecule has 0 amide bonds. The molecule has 0 aromatic heterocycles. The van der Waals surface area contributed by atoms with Gasteiger partial charge in [0.25, 0.3) is 0 Å². The second-order valence-electron chi connectivity index (χ2n) is 5.21. The third-order valence-electron chi connectivity index (χ3n) is 3.32. The normalized spacial score (nSPS) is 19.1. The van der Waals surface area contributed by atoms with E-state index in [4.69, 9.17) is 4.74 Å². The molecule has 0 radical (unpaired) electrons. The van der Waals surface area contributed by atoms with Crippen molar-refractivity contribution < 1.29 is 17.9 Å². The van der Waals surface area contributed by atoms with E-state index in [1.165, 1.54) is 0 Å². The Hall–Kier alpha value is -1.56. The van der Waals surface area contributed by atoms with Crippen LogP contribution in [0, 0.1) is 0 Å². The number of carbonyl (C=O) groups is 1. The average Bonchev–Trinajstić information content (AvgIpc) is 2.77. The van der Waals surface area contributed by atoms with Gasteiger partial charge >= 0.3 is 5.97 Å². The van der Waals surface area contributed by atoms with E-state index >= 15 is 0 Å². The van der Waals surface area contributed by atoms with Crippen LogP contribution in [0.2, 0.25) is 0 Å². The lowest BCUT2D eigenvalue weighted by Gasteiger charge is -2.11. The molecule has 1 saturated heterocycles. The predicted molar refractivity (Wildman–Crippen MR) is 77.2 cm³/mol. The zero-order valence-corrected chi connectivity index (χ0v) is 12.4. The number of esters is 1. The van der Waals surface area contributed by atoms with E-state index in [9.17, 15) is 13.2 Å². The molecule has 1 aliphatic rings. The summed E-state index contributed by atoms with van der Waals surface area (Å²) in [5.74, 6) is -0.201. The second kappa shape index (κ2) is 5.83. The monoisotopic (exact) mass is 297 g/mol. The van der Waals surface area contributed by atoms with E-state index < -0.39 is 9.84 Å². The van der Waals surface area contributed by atoms with Crippen LogP contribution in [0.1, 0.15) is 25.8 Å². The Labute approximate surface area is 119 Å². The molecule has 20 heavy (non-hydrogen) atoms. The number of sulfone groups is 1. The van der Waals surface area contributed by atoms with E-state index in [1.807, 2.05) is 0 Å². The molecule has 0 spiro atoms. The molecule has 2 rings (SSSR count). The van der Waals surface area contributed by atoms with Crippen LogP contribution in [0.5, 0.6) is 0 Å². The Morgan fingerprint density at radius 1 is 1.30 bits per heavy atom. The van der Waals surface area contributed by atoms with Gasteiger partial charge in [-0.25, -0.2) is 13.2 Å². The first-order valence-electron chi connectivity index (χ1n) is 6.62. The molecule has 1 aromatic rings. The average molecular weight is 297 g/mol. The highest BCUT2D eigenvalue weighted by atomic mass is 32.2. The van der Waals surface area contributed by atoms with Crippen molar-refractivity contribution in [2.45, 2.75) is 37.3 Å². The number of rotatable bonds is 5. The summed E-state index contributed by atoms with van der Waals surface area (Å²) in [5.41, 5.74) is 1.54. The topological polar surface area (TPSA) is 72.5 Å². The van der Waals surface area contributed by atoms with Gasteiger partial charge < -0.3 is 10.1 Å². The largest absolute Gasteiger partial charge is 0.464 e. The molecular weight excluding hydrogens is 278 g/mol. The van der Waals surface area contributed by atoms with E-state index in [2.05, 4.69) is 5.32 Å². The van der Waals surface area contributed by atoms with E-state index in [0.29, 0.717) is 13.0 Å². The summed E-state index contributed by atoms with van der Waals surface area (Å²) < 4.78 is 28.5. The van der Waals surface area contributed by atoms with E-state index in [1.54, 1.807) is 38.1 Å². The van der Waals surface area contributed by atoms with E-state index in [0.717, 1.165) is 11.3 Å². The standard InChI is InChI=1S/C14H19NO4S/c1-10(2)20(17,18)9-11-3-5-12(6-4-11)15-13-7-8-19-14(13)16/h3-6,10,13,15H,7-9H2,1-2H3. The van der Waals surface area contributed by atoms with Crippen LogP contribution in [0.3, 0.4) is 0 Å². The van der Waals surface area contributed by atoms with Crippen molar-refractivity contribution >= 4 is 21.5 Å². The Morgan fingerprint density at radius 2 is 1.95 bits per heavy atom. The fourth-order valence-electron chi connectivity index (χ4n) is 1.92. The first-order chi connectivity index (χ1) is 9.38. The maximum Gasteiger partial charge on any atom is 0.328 e. The molecule has 1 heterocycles. The zero-order valence-electron chi connectivity index (χ0n) is 11.6. The third-order valence-corrected chi connectivity index (χ3v) is 5.49. The minimum atomic E-state index is -3.09. The summed E-state index contributed by atoms with van der Waals surface area (Å²) in [6.07, 6.45) is 0.655. The van der Waals surface area contributed by atoms with Gasteiger partial charge in [0.1, 0.15) is 6.04 Å². The molecule has 1 unspecified atom stereocenters. The van der Waals surface area contributed by atoms with Gasteiger partial charge in [0.05, 0.1) is 17.6 Å². The molecule has 0 saturated carbocycles. The highest BCUT2D eigenvalue weighted by molar-refractivity contribution is 7.91. The van der Waals surface area contributed by atoms with Crippen molar-refractivity contribution in [3.63, 3.8) is 0 Å². The lowest BCUT2D eigenvalue weighted by Crippen LogP contribution is -2.24. The molecule has 0 aliphatic carbocycles. The summed E-state index contributed by atoms with van der Waals surface area (Å²) in [7, 11) is -3.09. The number of nitrogens with one attached hydrogen (secondary N) is 1. The Bertz CT molecular complexity index is 578. The SMILES string of the molecule is CC(C)S(=O)(=O)Cc1ccc(NC2CCOC2=O)cc1. The number of benzene rings is 1. The van der Waals surface area contributed by atoms with Gasteiger partial charge in [0.15, 0.2) is 9.84 Å². The van der Waals surface area contributed by atoms with Crippen LogP contribution in [0.25, 0.3) is 0 Å². The van der Waals surface area contributed by atoms with Gasteiger partial charge in [0.2, 0.25) is 0 Å².